The number of benzene rings is 1. The van der Waals surface area contributed by atoms with E-state index in [0.717, 1.165) is 6.07 Å². The third-order valence-electron chi connectivity index (χ3n) is 1.93. The fourth-order valence-electron chi connectivity index (χ4n) is 1.08. The van der Waals surface area contributed by atoms with Gasteiger partial charge in [-0.2, -0.15) is 0 Å². The largest absolute Gasteiger partial charge is 0.362 e. The number of hydrogen-bond donors (Lipinski definition) is 2. The molecule has 0 radical (unpaired) electrons. The highest BCUT2D eigenvalue weighted by Crippen LogP contribution is 2.18. The fourth-order valence-corrected chi connectivity index (χ4v) is 1.27. The van der Waals surface area contributed by atoms with Gasteiger partial charge < -0.3 is 10.6 Å². The Morgan fingerprint density at radius 3 is 2.35 bits per heavy atom. The van der Waals surface area contributed by atoms with Crippen LogP contribution >= 0.6 is 12.2 Å². The van der Waals surface area contributed by atoms with E-state index >= 15 is 0 Å². The molecule has 0 saturated heterocycles. The van der Waals surface area contributed by atoms with Crippen LogP contribution in [0.4, 0.5) is 18.9 Å². The SMILES string of the molecule is CC(C)CNC(=S)Nc1cc(F)c(F)cc1F. The third-order valence-corrected chi connectivity index (χ3v) is 2.18. The van der Waals surface area contributed by atoms with Crippen molar-refractivity contribution in [3.63, 3.8) is 0 Å². The van der Waals surface area contributed by atoms with Gasteiger partial charge in [-0.1, -0.05) is 13.8 Å². The number of hydrogen-bond acceptors (Lipinski definition) is 1. The summed E-state index contributed by atoms with van der Waals surface area (Å²) in [7, 11) is 0. The Hall–Kier alpha value is -1.30. The molecular weight excluding hydrogens is 249 g/mol. The average molecular weight is 262 g/mol. The van der Waals surface area contributed by atoms with Crippen LogP contribution in [0, 0.1) is 23.4 Å². The summed E-state index contributed by atoms with van der Waals surface area (Å²) in [6.07, 6.45) is 0. The summed E-state index contributed by atoms with van der Waals surface area (Å²) < 4.78 is 38.8. The van der Waals surface area contributed by atoms with Gasteiger partial charge in [0.2, 0.25) is 0 Å². The normalized spacial score (nSPS) is 10.5. The van der Waals surface area contributed by atoms with E-state index in [1.165, 1.54) is 0 Å². The number of rotatable bonds is 3. The van der Waals surface area contributed by atoms with Gasteiger partial charge in [0.1, 0.15) is 5.82 Å². The van der Waals surface area contributed by atoms with Crippen LogP contribution in [0.3, 0.4) is 0 Å². The second-order valence-corrected chi connectivity index (χ2v) is 4.38. The van der Waals surface area contributed by atoms with Gasteiger partial charge in [0.05, 0.1) is 5.69 Å². The Bertz CT molecular complexity index is 421. The zero-order valence-electron chi connectivity index (χ0n) is 9.48. The maximum absolute atomic E-state index is 13.2. The molecule has 2 N–H and O–H groups in total. The minimum absolute atomic E-state index is 0.170. The summed E-state index contributed by atoms with van der Waals surface area (Å²) in [6.45, 7) is 4.57. The molecule has 1 rings (SSSR count). The highest BCUT2D eigenvalue weighted by Gasteiger charge is 2.10. The maximum atomic E-state index is 13.2. The van der Waals surface area contributed by atoms with Crippen molar-refractivity contribution in [2.45, 2.75) is 13.8 Å². The molecule has 0 atom stereocenters. The highest BCUT2D eigenvalue weighted by atomic mass is 32.1. The molecule has 0 aliphatic rings. The van der Waals surface area contributed by atoms with Crippen molar-refractivity contribution >= 4 is 23.0 Å². The van der Waals surface area contributed by atoms with E-state index in [2.05, 4.69) is 10.6 Å². The number of thiocarbonyl (C=S) groups is 1. The molecule has 0 fully saturated rings. The van der Waals surface area contributed by atoms with E-state index in [1.807, 2.05) is 13.8 Å². The van der Waals surface area contributed by atoms with Crippen molar-refractivity contribution in [1.82, 2.24) is 5.32 Å². The first-order chi connectivity index (χ1) is 7.90. The maximum Gasteiger partial charge on any atom is 0.170 e. The lowest BCUT2D eigenvalue weighted by Gasteiger charge is -2.12. The summed E-state index contributed by atoms with van der Waals surface area (Å²) in [6, 6.07) is 1.21. The van der Waals surface area contributed by atoms with E-state index in [1.54, 1.807) is 0 Å². The van der Waals surface area contributed by atoms with Crippen molar-refractivity contribution < 1.29 is 13.2 Å². The molecule has 0 aromatic heterocycles. The van der Waals surface area contributed by atoms with Crippen molar-refractivity contribution in [1.29, 1.82) is 0 Å². The van der Waals surface area contributed by atoms with Gasteiger partial charge >= 0.3 is 0 Å². The first-order valence-electron chi connectivity index (χ1n) is 5.09. The minimum atomic E-state index is -1.23. The summed E-state index contributed by atoms with van der Waals surface area (Å²) in [4.78, 5) is 0. The Morgan fingerprint density at radius 1 is 1.18 bits per heavy atom. The molecule has 0 aliphatic carbocycles. The topological polar surface area (TPSA) is 24.1 Å². The van der Waals surface area contributed by atoms with Gasteiger partial charge in [-0.3, -0.25) is 0 Å². The van der Waals surface area contributed by atoms with Crippen molar-refractivity contribution in [3.8, 4) is 0 Å². The molecule has 0 unspecified atom stereocenters. The van der Waals surface area contributed by atoms with E-state index < -0.39 is 17.5 Å². The Morgan fingerprint density at radius 2 is 1.76 bits per heavy atom. The first kappa shape index (κ1) is 13.8. The zero-order valence-corrected chi connectivity index (χ0v) is 10.3. The monoisotopic (exact) mass is 262 g/mol. The van der Waals surface area contributed by atoms with Crippen molar-refractivity contribution in [2.75, 3.05) is 11.9 Å². The predicted molar refractivity (Wildman–Crippen MR) is 65.4 cm³/mol. The third kappa shape index (κ3) is 4.22. The van der Waals surface area contributed by atoms with Crippen LogP contribution in [-0.2, 0) is 0 Å². The lowest BCUT2D eigenvalue weighted by Crippen LogP contribution is -2.31. The molecular formula is C11H13F3N2S. The first-order valence-corrected chi connectivity index (χ1v) is 5.50. The molecule has 0 saturated carbocycles. The van der Waals surface area contributed by atoms with Crippen LogP contribution in [-0.4, -0.2) is 11.7 Å². The number of anilines is 1. The van der Waals surface area contributed by atoms with Gasteiger partial charge in [0.25, 0.3) is 0 Å². The van der Waals surface area contributed by atoms with Crippen LogP contribution in [0.5, 0.6) is 0 Å². The van der Waals surface area contributed by atoms with Gasteiger partial charge in [0.15, 0.2) is 16.7 Å². The van der Waals surface area contributed by atoms with Crippen molar-refractivity contribution in [2.24, 2.45) is 5.92 Å². The fraction of sp³-hybridized carbons (Fsp3) is 0.364. The predicted octanol–water partition coefficient (Wildman–Crippen LogP) is 3.05. The molecule has 1 aromatic rings. The molecule has 0 spiro atoms. The second kappa shape index (κ2) is 5.86. The minimum Gasteiger partial charge on any atom is -0.362 e. The second-order valence-electron chi connectivity index (χ2n) is 3.98. The van der Waals surface area contributed by atoms with Crippen LogP contribution in [0.2, 0.25) is 0 Å². The highest BCUT2D eigenvalue weighted by molar-refractivity contribution is 7.80. The summed E-state index contributed by atoms with van der Waals surface area (Å²) in [5, 5.41) is 5.47. The van der Waals surface area contributed by atoms with E-state index in [0.29, 0.717) is 18.5 Å². The number of nitrogens with one attached hydrogen (secondary N) is 2. The molecule has 94 valence electrons. The quantitative estimate of drug-likeness (QED) is 0.646. The Labute approximate surface area is 103 Å². The van der Waals surface area contributed by atoms with Gasteiger partial charge in [-0.15, -0.1) is 0 Å². The summed E-state index contributed by atoms with van der Waals surface area (Å²) >= 11 is 4.89. The van der Waals surface area contributed by atoms with Crippen LogP contribution in [0.1, 0.15) is 13.8 Å². The molecule has 1 aromatic carbocycles. The molecule has 2 nitrogen and oxygen atoms in total. The lowest BCUT2D eigenvalue weighted by molar-refractivity contribution is 0.496. The molecule has 0 aliphatic heterocycles. The molecule has 0 bridgehead atoms. The standard InChI is InChI=1S/C11H13F3N2S/c1-6(2)5-15-11(17)16-10-4-8(13)7(12)3-9(10)14/h3-4,6H,5H2,1-2H3,(H2,15,16,17). The van der Waals surface area contributed by atoms with Crippen molar-refractivity contribution in [3.05, 3.63) is 29.6 Å². The Kier molecular flexibility index (Phi) is 4.74. The van der Waals surface area contributed by atoms with E-state index in [-0.39, 0.29) is 10.8 Å². The summed E-state index contributed by atoms with van der Waals surface area (Å²) in [5.41, 5.74) is -0.190. The molecule has 6 heteroatoms. The zero-order chi connectivity index (χ0) is 13.0. The molecule has 0 heterocycles. The van der Waals surface area contributed by atoms with E-state index in [4.69, 9.17) is 12.2 Å². The number of halogens is 3. The van der Waals surface area contributed by atoms with Gasteiger partial charge in [-0.25, -0.2) is 13.2 Å². The summed E-state index contributed by atoms with van der Waals surface area (Å²) in [5.74, 6) is -2.88. The van der Waals surface area contributed by atoms with Crippen LogP contribution in [0.15, 0.2) is 12.1 Å². The van der Waals surface area contributed by atoms with E-state index in [9.17, 15) is 13.2 Å². The molecule has 0 amide bonds. The average Bonchev–Trinajstić information content (AvgIpc) is 2.23. The van der Waals surface area contributed by atoms with Crippen LogP contribution < -0.4 is 10.6 Å². The molecule has 17 heavy (non-hydrogen) atoms. The lowest BCUT2D eigenvalue weighted by atomic mass is 10.2. The van der Waals surface area contributed by atoms with Gasteiger partial charge in [0, 0.05) is 18.7 Å². The van der Waals surface area contributed by atoms with Gasteiger partial charge in [-0.05, 0) is 18.1 Å². The Balaban J connectivity index is 2.68. The smallest absolute Gasteiger partial charge is 0.170 e. The van der Waals surface area contributed by atoms with Crippen LogP contribution in [0.25, 0.3) is 0 Å².